The van der Waals surface area contributed by atoms with Gasteiger partial charge in [-0.1, -0.05) is 19.9 Å². The van der Waals surface area contributed by atoms with E-state index in [0.29, 0.717) is 12.6 Å². The Labute approximate surface area is 138 Å². The van der Waals surface area contributed by atoms with Gasteiger partial charge in [-0.05, 0) is 40.5 Å². The molecule has 1 N–H and O–H groups in total. The Hall–Kier alpha value is -0.910. The molecule has 1 aromatic carbocycles. The molecule has 1 heterocycles. The van der Waals surface area contributed by atoms with Crippen LogP contribution in [0.25, 0.3) is 0 Å². The van der Waals surface area contributed by atoms with Gasteiger partial charge >= 0.3 is 0 Å². The van der Waals surface area contributed by atoms with E-state index >= 15 is 0 Å². The van der Waals surface area contributed by atoms with Crippen molar-refractivity contribution in [2.75, 3.05) is 6.61 Å². The van der Waals surface area contributed by atoms with E-state index in [2.05, 4.69) is 52.2 Å². The van der Waals surface area contributed by atoms with E-state index < -0.39 is 0 Å². The van der Waals surface area contributed by atoms with E-state index in [-0.39, 0.29) is 0 Å². The van der Waals surface area contributed by atoms with E-state index in [1.54, 1.807) is 11.3 Å². The van der Waals surface area contributed by atoms with Crippen LogP contribution in [0.3, 0.4) is 0 Å². The molecule has 0 unspecified atom stereocenters. The fourth-order valence-electron chi connectivity index (χ4n) is 1.91. The molecule has 0 saturated carbocycles. The van der Waals surface area contributed by atoms with Gasteiger partial charge in [-0.3, -0.25) is 0 Å². The quantitative estimate of drug-likeness (QED) is 0.789. The molecule has 2 rings (SSSR count). The van der Waals surface area contributed by atoms with Gasteiger partial charge in [0.25, 0.3) is 0 Å². The first-order valence-electron chi connectivity index (χ1n) is 7.10. The average molecular weight is 369 g/mol. The fourth-order valence-corrected chi connectivity index (χ4v) is 3.22. The number of thiazole rings is 1. The van der Waals surface area contributed by atoms with Crippen LogP contribution in [-0.2, 0) is 13.0 Å². The summed E-state index contributed by atoms with van der Waals surface area (Å²) in [6, 6.07) is 6.74. The molecule has 0 aliphatic rings. The van der Waals surface area contributed by atoms with E-state index in [4.69, 9.17) is 4.74 Å². The SMILES string of the molecule is Cc1ncsc1CCOc1ccc(CNC(C)C)cc1Br. The van der Waals surface area contributed by atoms with Gasteiger partial charge in [-0.2, -0.15) is 0 Å². The second-order valence-corrected chi connectivity index (χ2v) is 7.05. The number of nitrogens with zero attached hydrogens (tertiary/aromatic N) is 1. The minimum atomic E-state index is 0.488. The molecule has 0 radical (unpaired) electrons. The van der Waals surface area contributed by atoms with Crippen LogP contribution in [0.1, 0.15) is 30.0 Å². The van der Waals surface area contributed by atoms with Crippen LogP contribution in [0.2, 0.25) is 0 Å². The summed E-state index contributed by atoms with van der Waals surface area (Å²) >= 11 is 5.27. The van der Waals surface area contributed by atoms with Crippen LogP contribution in [0.4, 0.5) is 0 Å². The first-order valence-corrected chi connectivity index (χ1v) is 8.77. The largest absolute Gasteiger partial charge is 0.492 e. The number of aryl methyl sites for hydroxylation is 1. The van der Waals surface area contributed by atoms with Gasteiger partial charge in [0.2, 0.25) is 0 Å². The summed E-state index contributed by atoms with van der Waals surface area (Å²) in [5, 5.41) is 3.41. The number of halogens is 1. The molecule has 0 bridgehead atoms. The number of hydrogen-bond donors (Lipinski definition) is 1. The Morgan fingerprint density at radius 3 is 2.81 bits per heavy atom. The van der Waals surface area contributed by atoms with Gasteiger partial charge in [0.15, 0.2) is 0 Å². The summed E-state index contributed by atoms with van der Waals surface area (Å²) in [6.45, 7) is 7.88. The molecule has 0 aliphatic heterocycles. The molecule has 0 atom stereocenters. The second kappa shape index (κ2) is 7.92. The Morgan fingerprint density at radius 2 is 2.19 bits per heavy atom. The average Bonchev–Trinajstić information content (AvgIpc) is 2.84. The van der Waals surface area contributed by atoms with E-state index in [0.717, 1.165) is 28.9 Å². The predicted molar refractivity (Wildman–Crippen MR) is 92.2 cm³/mol. The summed E-state index contributed by atoms with van der Waals surface area (Å²) in [6.07, 6.45) is 0.902. The highest BCUT2D eigenvalue weighted by Gasteiger charge is 2.05. The molecular weight excluding hydrogens is 348 g/mol. The first-order chi connectivity index (χ1) is 10.1. The lowest BCUT2D eigenvalue weighted by Crippen LogP contribution is -2.21. The summed E-state index contributed by atoms with van der Waals surface area (Å²) in [7, 11) is 0. The molecule has 0 saturated heterocycles. The molecule has 3 nitrogen and oxygen atoms in total. The van der Waals surface area contributed by atoms with Crippen molar-refractivity contribution in [2.45, 2.75) is 39.8 Å². The molecule has 1 aromatic heterocycles. The van der Waals surface area contributed by atoms with Crippen LogP contribution < -0.4 is 10.1 Å². The highest BCUT2D eigenvalue weighted by atomic mass is 79.9. The monoisotopic (exact) mass is 368 g/mol. The highest BCUT2D eigenvalue weighted by molar-refractivity contribution is 9.10. The zero-order valence-electron chi connectivity index (χ0n) is 12.6. The molecule has 0 fully saturated rings. The zero-order valence-corrected chi connectivity index (χ0v) is 15.1. The number of hydrogen-bond acceptors (Lipinski definition) is 4. The normalized spacial score (nSPS) is 11.1. The van der Waals surface area contributed by atoms with E-state index in [1.807, 2.05) is 18.5 Å². The maximum Gasteiger partial charge on any atom is 0.133 e. The Bertz CT molecular complexity index is 583. The van der Waals surface area contributed by atoms with Gasteiger partial charge in [-0.25, -0.2) is 4.98 Å². The van der Waals surface area contributed by atoms with E-state index in [9.17, 15) is 0 Å². The van der Waals surface area contributed by atoms with Crippen molar-refractivity contribution in [2.24, 2.45) is 0 Å². The summed E-state index contributed by atoms with van der Waals surface area (Å²) < 4.78 is 6.86. The smallest absolute Gasteiger partial charge is 0.133 e. The number of ether oxygens (including phenoxy) is 1. The molecule has 21 heavy (non-hydrogen) atoms. The first kappa shape index (κ1) is 16.5. The third kappa shape index (κ3) is 5.09. The third-order valence-electron chi connectivity index (χ3n) is 3.14. The van der Waals surface area contributed by atoms with Gasteiger partial charge in [0.1, 0.15) is 5.75 Å². The van der Waals surface area contributed by atoms with Crippen molar-refractivity contribution in [3.63, 3.8) is 0 Å². The van der Waals surface area contributed by atoms with Crippen LogP contribution in [0, 0.1) is 6.92 Å². The zero-order chi connectivity index (χ0) is 15.2. The van der Waals surface area contributed by atoms with Crippen LogP contribution in [0.15, 0.2) is 28.2 Å². The van der Waals surface area contributed by atoms with Gasteiger partial charge in [0, 0.05) is 23.9 Å². The molecular formula is C16H21BrN2OS. The maximum absolute atomic E-state index is 5.86. The summed E-state index contributed by atoms with van der Waals surface area (Å²) in [5.74, 6) is 0.894. The lowest BCUT2D eigenvalue weighted by atomic mass is 10.2. The van der Waals surface area contributed by atoms with E-state index in [1.165, 1.54) is 10.4 Å². The molecule has 5 heteroatoms. The van der Waals surface area contributed by atoms with Gasteiger partial charge in [-0.15, -0.1) is 11.3 Å². The topological polar surface area (TPSA) is 34.1 Å². The van der Waals surface area contributed by atoms with Crippen molar-refractivity contribution >= 4 is 27.3 Å². The van der Waals surface area contributed by atoms with Gasteiger partial charge in [0.05, 0.1) is 22.3 Å². The van der Waals surface area contributed by atoms with Crippen LogP contribution >= 0.6 is 27.3 Å². The fraction of sp³-hybridized carbons (Fsp3) is 0.438. The second-order valence-electron chi connectivity index (χ2n) is 5.26. The predicted octanol–water partition coefficient (Wildman–Crippen LogP) is 4.33. The lowest BCUT2D eigenvalue weighted by molar-refractivity contribution is 0.320. The van der Waals surface area contributed by atoms with Crippen molar-refractivity contribution in [1.82, 2.24) is 10.3 Å². The molecule has 0 aliphatic carbocycles. The number of aromatic nitrogens is 1. The Balaban J connectivity index is 1.87. The molecule has 114 valence electrons. The van der Waals surface area contributed by atoms with Crippen molar-refractivity contribution in [3.05, 3.63) is 44.3 Å². The Kier molecular flexibility index (Phi) is 6.21. The standard InChI is InChI=1S/C16H21BrN2OS/c1-11(2)18-9-13-4-5-15(14(17)8-13)20-7-6-16-12(3)19-10-21-16/h4-5,8,10-11,18H,6-7,9H2,1-3H3. The van der Waals surface area contributed by atoms with Crippen LogP contribution in [-0.4, -0.2) is 17.6 Å². The van der Waals surface area contributed by atoms with Crippen molar-refractivity contribution in [3.8, 4) is 5.75 Å². The lowest BCUT2D eigenvalue weighted by Gasteiger charge is -2.11. The van der Waals surface area contributed by atoms with Crippen molar-refractivity contribution < 1.29 is 4.74 Å². The minimum Gasteiger partial charge on any atom is -0.492 e. The molecule has 0 spiro atoms. The maximum atomic E-state index is 5.86. The number of benzene rings is 1. The van der Waals surface area contributed by atoms with Crippen molar-refractivity contribution in [1.29, 1.82) is 0 Å². The Morgan fingerprint density at radius 1 is 1.38 bits per heavy atom. The summed E-state index contributed by atoms with van der Waals surface area (Å²) in [5.41, 5.74) is 4.25. The molecule has 2 aromatic rings. The van der Waals surface area contributed by atoms with Crippen LogP contribution in [0.5, 0.6) is 5.75 Å². The van der Waals surface area contributed by atoms with Gasteiger partial charge < -0.3 is 10.1 Å². The summed E-state index contributed by atoms with van der Waals surface area (Å²) in [4.78, 5) is 5.55. The molecule has 0 amide bonds. The highest BCUT2D eigenvalue weighted by Crippen LogP contribution is 2.26. The number of nitrogens with one attached hydrogen (secondary N) is 1. The number of rotatable bonds is 7. The third-order valence-corrected chi connectivity index (χ3v) is 4.76. The minimum absolute atomic E-state index is 0.488.